The van der Waals surface area contributed by atoms with Gasteiger partial charge in [-0.05, 0) is 0 Å². The summed E-state index contributed by atoms with van der Waals surface area (Å²) in [5, 5.41) is 9.40. The molecule has 2 unspecified atom stereocenters. The van der Waals surface area contributed by atoms with E-state index in [2.05, 4.69) is 109 Å². The predicted octanol–water partition coefficient (Wildman–Crippen LogP) is 10.2. The summed E-state index contributed by atoms with van der Waals surface area (Å²) in [5.41, 5.74) is 10.3. The van der Waals surface area contributed by atoms with E-state index in [1.807, 2.05) is 11.1 Å². The van der Waals surface area contributed by atoms with Gasteiger partial charge in [0, 0.05) is 0 Å². The normalized spacial score (nSPS) is 23.2. The molecule has 7 rings (SSSR count). The van der Waals surface area contributed by atoms with Crippen LogP contribution in [-0.2, 0) is 20.3 Å². The average Bonchev–Trinajstić information content (AvgIpc) is 3.44. The summed E-state index contributed by atoms with van der Waals surface area (Å²) in [6.07, 6.45) is 2.39. The van der Waals surface area contributed by atoms with Crippen molar-refractivity contribution in [3.8, 4) is 0 Å². The van der Waals surface area contributed by atoms with E-state index in [1.165, 1.54) is 34.4 Å². The van der Waals surface area contributed by atoms with E-state index in [-0.39, 0.29) is 0 Å². The molecular weight excluding hydrogens is 528 g/mol. The topological polar surface area (TPSA) is 0 Å². The molecule has 2 aliphatic carbocycles. The van der Waals surface area contributed by atoms with E-state index in [1.54, 1.807) is 32.6 Å². The Bertz CT molecular complexity index is 1540. The fraction of sp³-hybridized carbons (Fsp3) is 0.294. The molecule has 0 N–H and O–H groups in total. The zero-order chi connectivity index (χ0) is 25.0. The number of hydrogen-bond acceptors (Lipinski definition) is 0. The molecule has 0 radical (unpaired) electrons. The monoisotopic (exact) mass is 562 g/mol. The van der Waals surface area contributed by atoms with E-state index in [0.717, 1.165) is 0 Å². The Morgan fingerprint density at radius 1 is 0.611 bits per heavy atom. The van der Waals surface area contributed by atoms with Crippen molar-refractivity contribution in [2.24, 2.45) is 0 Å². The van der Waals surface area contributed by atoms with Crippen molar-refractivity contribution in [1.29, 1.82) is 0 Å². The van der Waals surface area contributed by atoms with E-state index < -0.39 is 28.3 Å². The predicted molar refractivity (Wildman–Crippen MR) is 157 cm³/mol. The van der Waals surface area contributed by atoms with Crippen LogP contribution in [-0.4, -0.2) is 8.07 Å². The number of rotatable bonds is 2. The van der Waals surface area contributed by atoms with E-state index in [0.29, 0.717) is 7.25 Å². The van der Waals surface area contributed by atoms with Crippen molar-refractivity contribution < 1.29 is 20.3 Å². The Morgan fingerprint density at radius 3 is 1.44 bits per heavy atom. The summed E-state index contributed by atoms with van der Waals surface area (Å²) in [6.45, 7) is 10.3. The van der Waals surface area contributed by atoms with Crippen LogP contribution in [0.3, 0.4) is 0 Å². The molecule has 4 aromatic carbocycles. The molecule has 36 heavy (non-hydrogen) atoms. The summed E-state index contributed by atoms with van der Waals surface area (Å²) in [7, 11) is -2.02. The Kier molecular flexibility index (Phi) is 4.98. The van der Waals surface area contributed by atoms with Gasteiger partial charge in [0.1, 0.15) is 0 Å². The SMILES string of the molecule is CCC1=C2c3c(ccc4ccccc34)[CH]1[Zr]([CH3])([CH3])[CH]1C(CC)=C(c3c1ccc1ccccc31)[Si]2(C)C. The van der Waals surface area contributed by atoms with Crippen LogP contribution in [0.4, 0.5) is 0 Å². The maximum atomic E-state index is 2.79. The van der Waals surface area contributed by atoms with Gasteiger partial charge in [0.05, 0.1) is 0 Å². The van der Waals surface area contributed by atoms with Gasteiger partial charge >= 0.3 is 223 Å². The molecular formula is C34H36SiZr. The third kappa shape index (κ3) is 2.73. The first kappa shape index (κ1) is 23.1. The van der Waals surface area contributed by atoms with E-state index in [9.17, 15) is 0 Å². The van der Waals surface area contributed by atoms with E-state index >= 15 is 0 Å². The molecule has 2 atom stereocenters. The van der Waals surface area contributed by atoms with Gasteiger partial charge in [-0.3, -0.25) is 0 Å². The van der Waals surface area contributed by atoms with Crippen LogP contribution in [0, 0.1) is 0 Å². The van der Waals surface area contributed by atoms with Gasteiger partial charge in [-0.1, -0.05) is 0 Å². The molecule has 0 aromatic heterocycles. The fourth-order valence-corrected chi connectivity index (χ4v) is 25.9. The van der Waals surface area contributed by atoms with Crippen molar-refractivity contribution in [2.45, 2.75) is 56.3 Å². The quantitative estimate of drug-likeness (QED) is 0.213. The van der Waals surface area contributed by atoms with Crippen LogP contribution in [0.5, 0.6) is 0 Å². The summed E-state index contributed by atoms with van der Waals surface area (Å²) in [4.78, 5) is 0. The number of benzene rings is 4. The summed E-state index contributed by atoms with van der Waals surface area (Å²) in [5.74, 6) is 0. The molecule has 4 bridgehead atoms. The van der Waals surface area contributed by atoms with Crippen LogP contribution >= 0.6 is 0 Å². The maximum absolute atomic E-state index is 2.85. The molecule has 1 aliphatic heterocycles. The molecule has 0 fully saturated rings. The second-order valence-electron chi connectivity index (χ2n) is 12.3. The van der Waals surface area contributed by atoms with Crippen LogP contribution in [0.25, 0.3) is 31.9 Å². The van der Waals surface area contributed by atoms with Crippen molar-refractivity contribution in [3.63, 3.8) is 0 Å². The molecule has 180 valence electrons. The zero-order valence-electron chi connectivity index (χ0n) is 22.5. The van der Waals surface area contributed by atoms with Crippen LogP contribution < -0.4 is 0 Å². The summed E-state index contributed by atoms with van der Waals surface area (Å²) < 4.78 is 6.94. The zero-order valence-corrected chi connectivity index (χ0v) is 26.0. The van der Waals surface area contributed by atoms with Gasteiger partial charge in [0.25, 0.3) is 0 Å². The van der Waals surface area contributed by atoms with Crippen molar-refractivity contribution in [1.82, 2.24) is 0 Å². The van der Waals surface area contributed by atoms with Gasteiger partial charge in [-0.25, -0.2) is 0 Å². The Hall–Kier alpha value is -2.02. The minimum atomic E-state index is -2.85. The Labute approximate surface area is 221 Å². The van der Waals surface area contributed by atoms with Crippen molar-refractivity contribution in [3.05, 3.63) is 106 Å². The third-order valence-corrected chi connectivity index (χ3v) is 24.1. The van der Waals surface area contributed by atoms with Gasteiger partial charge in [0.2, 0.25) is 0 Å². The average molecular weight is 564 g/mol. The molecule has 0 saturated carbocycles. The number of fused-ring (bicyclic) bond motifs is 12. The van der Waals surface area contributed by atoms with Gasteiger partial charge < -0.3 is 0 Å². The first-order chi connectivity index (χ1) is 17.3. The molecule has 0 spiro atoms. The van der Waals surface area contributed by atoms with Gasteiger partial charge in [-0.15, -0.1) is 0 Å². The van der Waals surface area contributed by atoms with Crippen LogP contribution in [0.2, 0.25) is 22.4 Å². The third-order valence-electron chi connectivity index (χ3n) is 9.88. The first-order valence-corrected chi connectivity index (χ1v) is 24.6. The van der Waals surface area contributed by atoms with Crippen molar-refractivity contribution >= 4 is 40.0 Å². The molecule has 1 heterocycles. The van der Waals surface area contributed by atoms with Crippen molar-refractivity contribution in [2.75, 3.05) is 0 Å². The second kappa shape index (κ2) is 7.75. The molecule has 2 heteroatoms. The molecule has 0 nitrogen and oxygen atoms in total. The fourth-order valence-electron chi connectivity index (χ4n) is 8.78. The first-order valence-electron chi connectivity index (χ1n) is 13.8. The molecule has 4 aromatic rings. The molecule has 3 aliphatic rings. The molecule has 0 saturated heterocycles. The molecule has 0 amide bonds. The second-order valence-corrected chi connectivity index (χ2v) is 28.4. The minimum absolute atomic E-state index is 0.677. The standard InChI is InChI=1S/C32H30Si.2CH3.Zr/c1-5-21-19-25-17-15-23-11-7-9-13-27(23)29(25)31(21)33(3,4)32-22(6-2)20-26-18-16-24-12-8-10-14-28(24)30(26)32;;;/h7-20H,5-6H2,1-4H3;2*1H3;. The summed E-state index contributed by atoms with van der Waals surface area (Å²) >= 11 is -2.85. The van der Waals surface area contributed by atoms with Gasteiger partial charge in [-0.2, -0.15) is 0 Å². The number of allylic oxidation sites excluding steroid dienone is 2. The van der Waals surface area contributed by atoms with Crippen LogP contribution in [0.1, 0.15) is 56.2 Å². The van der Waals surface area contributed by atoms with Crippen LogP contribution in [0.15, 0.2) is 83.9 Å². The van der Waals surface area contributed by atoms with E-state index in [4.69, 9.17) is 0 Å². The van der Waals surface area contributed by atoms with Gasteiger partial charge in [0.15, 0.2) is 0 Å². The summed E-state index contributed by atoms with van der Waals surface area (Å²) in [6, 6.07) is 28.3. The Balaban J connectivity index is 1.67. The Morgan fingerprint density at radius 2 is 1.03 bits per heavy atom. The number of hydrogen-bond donors (Lipinski definition) is 0.